The molecule has 0 unspecified atom stereocenters. The number of aliphatic hydroxyl groups excluding tert-OH is 5. The Kier molecular flexibility index (Phi) is 8.37. The van der Waals surface area contributed by atoms with Gasteiger partial charge in [0, 0.05) is 5.41 Å². The predicted octanol–water partition coefficient (Wildman–Crippen LogP) is 1.82. The SMILES string of the molecule is CC1(C)CC[C@]2(C(=O)O)CC[C@]3(O)C(=CC[C@@H]4[C@@]5(C)C[C@H](O)[C@H](O[C@@H]6O[C@H](CO)[C@@H](O)[C@H](O)[C@H]6O)[C@@](C)(C(=O)O)[C@@H]5CC[C@]43C)[C@@H]2C1. The number of carbonyl (C=O) groups is 2. The molecule has 12 heteroatoms. The van der Waals surface area contributed by atoms with Gasteiger partial charge in [-0.1, -0.05) is 33.8 Å². The molecule has 1 aliphatic heterocycles. The van der Waals surface area contributed by atoms with Crippen LogP contribution in [0.5, 0.6) is 0 Å². The van der Waals surface area contributed by atoms with E-state index in [1.165, 1.54) is 6.92 Å². The quantitative estimate of drug-likeness (QED) is 0.156. The van der Waals surface area contributed by atoms with Crippen LogP contribution in [0.4, 0.5) is 0 Å². The highest BCUT2D eigenvalue weighted by atomic mass is 16.7. The fourth-order valence-electron chi connectivity index (χ4n) is 11.9. The number of rotatable bonds is 5. The van der Waals surface area contributed by atoms with Crippen LogP contribution >= 0.6 is 0 Å². The van der Waals surface area contributed by atoms with Gasteiger partial charge in [0.05, 0.1) is 29.1 Å². The number of ether oxygens (including phenoxy) is 2. The molecule has 0 aromatic rings. The van der Waals surface area contributed by atoms with E-state index < -0.39 is 94.6 Å². The highest BCUT2D eigenvalue weighted by molar-refractivity contribution is 5.77. The van der Waals surface area contributed by atoms with Crippen LogP contribution in [0.15, 0.2) is 11.6 Å². The molecule has 1 saturated heterocycles. The molecule has 4 saturated carbocycles. The molecule has 6 aliphatic rings. The Morgan fingerprint density at radius 1 is 0.872 bits per heavy atom. The van der Waals surface area contributed by atoms with E-state index in [1.807, 2.05) is 13.0 Å². The van der Waals surface area contributed by atoms with Gasteiger partial charge in [-0.15, -0.1) is 0 Å². The third-order valence-electron chi connectivity index (χ3n) is 14.6. The lowest BCUT2D eigenvalue weighted by Gasteiger charge is -2.70. The minimum atomic E-state index is -1.76. The molecular weight excluding hydrogens is 612 g/mol. The summed E-state index contributed by atoms with van der Waals surface area (Å²) >= 11 is 0. The van der Waals surface area contributed by atoms with E-state index >= 15 is 0 Å². The van der Waals surface area contributed by atoms with Crippen LogP contribution < -0.4 is 0 Å². The number of carboxylic acid groups (broad SMARTS) is 2. The summed E-state index contributed by atoms with van der Waals surface area (Å²) in [5, 5.41) is 86.9. The fraction of sp³-hybridized carbons (Fsp3) is 0.886. The first-order chi connectivity index (χ1) is 21.7. The molecule has 0 aromatic heterocycles. The Labute approximate surface area is 275 Å². The average Bonchev–Trinajstić information content (AvgIpc) is 2.98. The Hall–Kier alpha value is -1.64. The number of allylic oxidation sites excluding steroid dienone is 1. The van der Waals surface area contributed by atoms with E-state index in [9.17, 15) is 50.4 Å². The monoisotopic (exact) mass is 666 g/mol. The lowest BCUT2D eigenvalue weighted by atomic mass is 9.35. The Balaban J connectivity index is 1.36. The Morgan fingerprint density at radius 2 is 1.53 bits per heavy atom. The zero-order chi connectivity index (χ0) is 34.7. The van der Waals surface area contributed by atoms with E-state index in [-0.39, 0.29) is 23.7 Å². The first kappa shape index (κ1) is 35.2. The van der Waals surface area contributed by atoms with Crippen molar-refractivity contribution < 1.29 is 59.9 Å². The molecule has 266 valence electrons. The maximum absolute atomic E-state index is 13.3. The molecular formula is C35H54O12. The molecule has 6 rings (SSSR count). The molecule has 8 N–H and O–H groups in total. The molecule has 0 amide bonds. The number of carboxylic acids is 2. The van der Waals surface area contributed by atoms with Gasteiger partial charge in [0.1, 0.15) is 30.5 Å². The van der Waals surface area contributed by atoms with Gasteiger partial charge in [-0.25, -0.2) is 0 Å². The van der Waals surface area contributed by atoms with Crippen molar-refractivity contribution in [3.8, 4) is 0 Å². The van der Waals surface area contributed by atoms with E-state index in [0.717, 1.165) is 12.0 Å². The number of hydrogen-bond donors (Lipinski definition) is 8. The van der Waals surface area contributed by atoms with E-state index in [1.54, 1.807) is 0 Å². The second-order valence-corrected chi connectivity index (χ2v) is 17.3. The van der Waals surface area contributed by atoms with Gasteiger partial charge in [-0.2, -0.15) is 0 Å². The molecule has 15 atom stereocenters. The molecule has 0 bridgehead atoms. The Bertz CT molecular complexity index is 1320. The topological polar surface area (TPSA) is 214 Å². The summed E-state index contributed by atoms with van der Waals surface area (Å²) in [4.78, 5) is 26.2. The minimum Gasteiger partial charge on any atom is -0.481 e. The van der Waals surface area contributed by atoms with Crippen LogP contribution in [0.3, 0.4) is 0 Å². The highest BCUT2D eigenvalue weighted by Crippen LogP contribution is 2.73. The van der Waals surface area contributed by atoms with E-state index in [2.05, 4.69) is 20.8 Å². The largest absolute Gasteiger partial charge is 0.481 e. The molecule has 12 nitrogen and oxygen atoms in total. The average molecular weight is 667 g/mol. The predicted molar refractivity (Wildman–Crippen MR) is 166 cm³/mol. The van der Waals surface area contributed by atoms with Crippen LogP contribution in [-0.2, 0) is 19.1 Å². The molecule has 0 aromatic carbocycles. The second kappa shape index (κ2) is 11.2. The van der Waals surface area contributed by atoms with Gasteiger partial charge in [0.2, 0.25) is 0 Å². The van der Waals surface area contributed by atoms with Gasteiger partial charge in [0.25, 0.3) is 0 Å². The van der Waals surface area contributed by atoms with Crippen LogP contribution in [-0.4, -0.2) is 108 Å². The van der Waals surface area contributed by atoms with Crippen LogP contribution in [0.1, 0.15) is 92.4 Å². The van der Waals surface area contributed by atoms with Crippen LogP contribution in [0.25, 0.3) is 0 Å². The van der Waals surface area contributed by atoms with E-state index in [4.69, 9.17) is 9.47 Å². The zero-order valence-corrected chi connectivity index (χ0v) is 28.1. The number of fused-ring (bicyclic) bond motifs is 7. The van der Waals surface area contributed by atoms with Gasteiger partial charge < -0.3 is 50.3 Å². The summed E-state index contributed by atoms with van der Waals surface area (Å²) < 4.78 is 11.6. The van der Waals surface area contributed by atoms with Crippen molar-refractivity contribution in [3.63, 3.8) is 0 Å². The van der Waals surface area contributed by atoms with E-state index in [0.29, 0.717) is 44.9 Å². The van der Waals surface area contributed by atoms with Crippen molar-refractivity contribution in [2.45, 2.75) is 141 Å². The fourth-order valence-corrected chi connectivity index (χ4v) is 11.9. The lowest BCUT2D eigenvalue weighted by Crippen LogP contribution is -2.72. The van der Waals surface area contributed by atoms with Crippen molar-refractivity contribution in [1.82, 2.24) is 0 Å². The van der Waals surface area contributed by atoms with Crippen molar-refractivity contribution in [1.29, 1.82) is 0 Å². The number of aliphatic carboxylic acids is 2. The standard InChI is InChI=1S/C35H54O12/c1-30(2)10-11-34(29(43)44)12-13-35(45)17(18(34)14-30)6-7-21-31(3)15-19(37)26(33(5,28(41)42)22(31)8-9-32(21,35)4)47-27-25(40)24(39)23(38)20(16-36)46-27/h6,18-27,36-40,45H,7-16H2,1-5H3,(H,41,42)(H,43,44)/t18-,19-,20+,21+,22+,23+,24-,25+,26-,27-,31+,32+,33-,34-,35-/m0/s1. The minimum absolute atomic E-state index is 0.0726. The summed E-state index contributed by atoms with van der Waals surface area (Å²) in [7, 11) is 0. The summed E-state index contributed by atoms with van der Waals surface area (Å²) in [5.41, 5.74) is -4.63. The Morgan fingerprint density at radius 3 is 2.15 bits per heavy atom. The molecule has 0 spiro atoms. The maximum atomic E-state index is 13.3. The van der Waals surface area contributed by atoms with Gasteiger partial charge >= 0.3 is 11.9 Å². The highest BCUT2D eigenvalue weighted by Gasteiger charge is 2.73. The third kappa shape index (κ3) is 4.68. The van der Waals surface area contributed by atoms with Gasteiger partial charge in [-0.05, 0) is 98.9 Å². The van der Waals surface area contributed by atoms with Gasteiger partial charge in [-0.3, -0.25) is 9.59 Å². The number of aliphatic hydroxyl groups is 6. The van der Waals surface area contributed by atoms with Crippen LogP contribution in [0.2, 0.25) is 0 Å². The lowest BCUT2D eigenvalue weighted by molar-refractivity contribution is -0.341. The first-order valence-corrected chi connectivity index (χ1v) is 17.3. The van der Waals surface area contributed by atoms with Crippen molar-refractivity contribution in [2.24, 2.45) is 44.8 Å². The molecule has 5 aliphatic carbocycles. The summed E-state index contributed by atoms with van der Waals surface area (Å²) in [6, 6.07) is 0. The smallest absolute Gasteiger partial charge is 0.312 e. The molecule has 1 heterocycles. The van der Waals surface area contributed by atoms with Crippen molar-refractivity contribution in [2.75, 3.05) is 6.61 Å². The first-order valence-electron chi connectivity index (χ1n) is 17.3. The maximum Gasteiger partial charge on any atom is 0.312 e. The number of hydrogen-bond acceptors (Lipinski definition) is 10. The molecule has 47 heavy (non-hydrogen) atoms. The normalized spacial score (nSPS) is 53.8. The summed E-state index contributed by atoms with van der Waals surface area (Å²) in [6.07, 6.45) is -4.41. The second-order valence-electron chi connectivity index (χ2n) is 17.3. The van der Waals surface area contributed by atoms with Crippen molar-refractivity contribution >= 4 is 11.9 Å². The summed E-state index contributed by atoms with van der Waals surface area (Å²) in [6.45, 7) is 9.22. The third-order valence-corrected chi connectivity index (χ3v) is 14.6. The molecule has 5 fully saturated rings. The van der Waals surface area contributed by atoms with Crippen molar-refractivity contribution in [3.05, 3.63) is 11.6 Å². The zero-order valence-electron chi connectivity index (χ0n) is 28.1. The molecule has 0 radical (unpaired) electrons. The van der Waals surface area contributed by atoms with Crippen LogP contribution in [0, 0.1) is 44.8 Å². The summed E-state index contributed by atoms with van der Waals surface area (Å²) in [5.74, 6) is -3.08. The van der Waals surface area contributed by atoms with Gasteiger partial charge in [0.15, 0.2) is 6.29 Å².